The summed E-state index contributed by atoms with van der Waals surface area (Å²) in [6, 6.07) is 12.2. The molecule has 0 fully saturated rings. The van der Waals surface area contributed by atoms with Gasteiger partial charge in [-0.3, -0.25) is 0 Å². The topological polar surface area (TPSA) is 58.2 Å². The van der Waals surface area contributed by atoms with E-state index in [0.29, 0.717) is 33.6 Å². The van der Waals surface area contributed by atoms with Gasteiger partial charge in [0.15, 0.2) is 0 Å². The maximum atomic E-state index is 15.0. The van der Waals surface area contributed by atoms with Gasteiger partial charge in [-0.05, 0) is 30.7 Å². The molecule has 0 spiro atoms. The van der Waals surface area contributed by atoms with Crippen LogP contribution in [0.3, 0.4) is 0 Å². The lowest BCUT2D eigenvalue weighted by Gasteiger charge is -2.25. The predicted molar refractivity (Wildman–Crippen MR) is 107 cm³/mol. The third kappa shape index (κ3) is 3.15. The Morgan fingerprint density at radius 2 is 2.00 bits per heavy atom. The lowest BCUT2D eigenvalue weighted by atomic mass is 10.2. The smallest absolute Gasteiger partial charge is 0.150 e. The molecular formula is C19H17F2N4OP. The number of ether oxygens (including phenoxy) is 1. The van der Waals surface area contributed by atoms with Crippen LogP contribution in [-0.4, -0.2) is 12.1 Å². The van der Waals surface area contributed by atoms with Crippen LogP contribution in [0, 0.1) is 6.92 Å². The number of para-hydroxylation sites is 1. The molecule has 3 aromatic rings. The Bertz CT molecular complexity index is 1010. The van der Waals surface area contributed by atoms with Gasteiger partial charge in [0.05, 0.1) is 35.2 Å². The molecule has 0 saturated heterocycles. The number of fused-ring (bicyclic) bond motifs is 2. The van der Waals surface area contributed by atoms with Gasteiger partial charge in [0.25, 0.3) is 0 Å². The number of pyridine rings is 1. The summed E-state index contributed by atoms with van der Waals surface area (Å²) in [6.07, 6.45) is 1.55. The molecule has 0 bridgehead atoms. The van der Waals surface area contributed by atoms with E-state index in [9.17, 15) is 4.48 Å². The molecule has 3 N–H and O–H groups in total. The maximum absolute atomic E-state index is 15.0. The second-order valence-corrected chi connectivity index (χ2v) is 7.62. The van der Waals surface area contributed by atoms with Gasteiger partial charge in [-0.15, -0.1) is 4.48 Å². The minimum Gasteiger partial charge on any atom is -0.494 e. The van der Waals surface area contributed by atoms with Crippen LogP contribution in [-0.2, 0) is 0 Å². The van der Waals surface area contributed by atoms with Crippen molar-refractivity contribution in [1.82, 2.24) is 4.98 Å². The summed E-state index contributed by atoms with van der Waals surface area (Å²) in [6.45, 7) is 1.95. The first-order valence-corrected chi connectivity index (χ1v) is 9.48. The van der Waals surface area contributed by atoms with Crippen LogP contribution < -0.4 is 31.5 Å². The SMILES string of the molecule is COc1cc(NF)ccc1Nc1cc2c(cn1)P(F)c1cccc(C)c1N2. The van der Waals surface area contributed by atoms with E-state index < -0.39 is 8.23 Å². The molecule has 27 heavy (non-hydrogen) atoms. The Morgan fingerprint density at radius 1 is 1.15 bits per heavy atom. The number of aryl methyl sites for hydroxylation is 1. The van der Waals surface area contributed by atoms with E-state index in [0.717, 1.165) is 11.3 Å². The average Bonchev–Trinajstić information content (AvgIpc) is 2.69. The molecule has 0 amide bonds. The molecule has 1 unspecified atom stereocenters. The lowest BCUT2D eigenvalue weighted by Crippen LogP contribution is -2.23. The molecule has 0 aliphatic carbocycles. The molecule has 0 saturated carbocycles. The third-order valence-corrected chi connectivity index (χ3v) is 5.96. The Balaban J connectivity index is 1.67. The number of benzene rings is 2. The largest absolute Gasteiger partial charge is 0.494 e. The van der Waals surface area contributed by atoms with Crippen molar-refractivity contribution in [3.05, 3.63) is 54.2 Å². The molecule has 2 heterocycles. The summed E-state index contributed by atoms with van der Waals surface area (Å²) < 4.78 is 32.9. The van der Waals surface area contributed by atoms with Crippen LogP contribution in [0.4, 0.5) is 37.2 Å². The molecular weight excluding hydrogens is 369 g/mol. The lowest BCUT2D eigenvalue weighted by molar-refractivity contribution is 0.416. The molecule has 1 aliphatic rings. The van der Waals surface area contributed by atoms with E-state index in [1.807, 2.05) is 25.1 Å². The van der Waals surface area contributed by atoms with Crippen LogP contribution in [0.15, 0.2) is 48.7 Å². The average molecular weight is 386 g/mol. The highest BCUT2D eigenvalue weighted by Crippen LogP contribution is 2.45. The fourth-order valence-corrected chi connectivity index (χ4v) is 4.40. The Labute approximate surface area is 156 Å². The highest BCUT2D eigenvalue weighted by atomic mass is 31.2. The molecule has 5 nitrogen and oxygen atoms in total. The predicted octanol–water partition coefficient (Wildman–Crippen LogP) is 4.81. The zero-order valence-electron chi connectivity index (χ0n) is 14.7. The van der Waals surface area contributed by atoms with Crippen molar-refractivity contribution in [2.75, 3.05) is 23.3 Å². The summed E-state index contributed by atoms with van der Waals surface area (Å²) in [5.41, 5.74) is 4.98. The van der Waals surface area contributed by atoms with Gasteiger partial charge in [0, 0.05) is 23.6 Å². The van der Waals surface area contributed by atoms with Gasteiger partial charge in [0.1, 0.15) is 19.8 Å². The number of hydrogen-bond acceptors (Lipinski definition) is 5. The molecule has 1 atom stereocenters. The minimum absolute atomic E-state index is 0.285. The summed E-state index contributed by atoms with van der Waals surface area (Å²) in [4.78, 5) is 4.33. The molecule has 2 aromatic carbocycles. The van der Waals surface area contributed by atoms with Gasteiger partial charge in [0.2, 0.25) is 0 Å². The summed E-state index contributed by atoms with van der Waals surface area (Å²) in [5, 5.41) is 7.68. The van der Waals surface area contributed by atoms with E-state index in [1.54, 1.807) is 29.9 Å². The molecule has 138 valence electrons. The van der Waals surface area contributed by atoms with Crippen molar-refractivity contribution < 1.29 is 13.4 Å². The van der Waals surface area contributed by atoms with Crippen molar-refractivity contribution in [3.8, 4) is 5.75 Å². The zero-order valence-corrected chi connectivity index (χ0v) is 15.6. The Hall–Kier alpha value is -2.92. The monoisotopic (exact) mass is 386 g/mol. The van der Waals surface area contributed by atoms with Gasteiger partial charge >= 0.3 is 0 Å². The standard InChI is InChI=1S/C19H17F2N4OP/c1-11-4-3-5-16-19(11)24-14-9-18(22-10-17(14)27(16)21)23-13-7-6-12(25-20)8-15(13)26-2/h3-10,24-25H,1-2H3,(H,22,23). The molecule has 1 aliphatic heterocycles. The van der Waals surface area contributed by atoms with E-state index in [2.05, 4.69) is 15.6 Å². The fourth-order valence-electron chi connectivity index (χ4n) is 3.01. The number of methoxy groups -OCH3 is 1. The third-order valence-electron chi connectivity index (χ3n) is 4.39. The van der Waals surface area contributed by atoms with Gasteiger partial charge in [-0.25, -0.2) is 14.7 Å². The van der Waals surface area contributed by atoms with E-state index >= 15 is 4.20 Å². The quantitative estimate of drug-likeness (QED) is 0.444. The van der Waals surface area contributed by atoms with Crippen LogP contribution in [0.1, 0.15) is 5.56 Å². The summed E-state index contributed by atoms with van der Waals surface area (Å²) in [7, 11) is -0.454. The number of halogens is 2. The van der Waals surface area contributed by atoms with Gasteiger partial charge < -0.3 is 15.4 Å². The van der Waals surface area contributed by atoms with Crippen molar-refractivity contribution in [3.63, 3.8) is 0 Å². The second-order valence-electron chi connectivity index (χ2n) is 6.10. The zero-order chi connectivity index (χ0) is 19.0. The number of rotatable bonds is 4. The van der Waals surface area contributed by atoms with Crippen LogP contribution in [0.5, 0.6) is 5.75 Å². The minimum atomic E-state index is -1.95. The van der Waals surface area contributed by atoms with Gasteiger partial charge in [-0.1, -0.05) is 12.1 Å². The summed E-state index contributed by atoms with van der Waals surface area (Å²) in [5.74, 6) is 0.986. The van der Waals surface area contributed by atoms with E-state index in [-0.39, 0.29) is 5.69 Å². The number of aromatic nitrogens is 1. The molecule has 1 aromatic heterocycles. The highest BCUT2D eigenvalue weighted by Gasteiger charge is 2.27. The molecule has 4 rings (SSSR count). The van der Waals surface area contributed by atoms with Crippen LogP contribution in [0.25, 0.3) is 0 Å². The van der Waals surface area contributed by atoms with Crippen molar-refractivity contribution in [1.29, 1.82) is 0 Å². The summed E-state index contributed by atoms with van der Waals surface area (Å²) >= 11 is 0. The van der Waals surface area contributed by atoms with Gasteiger partial charge in [-0.2, -0.15) is 0 Å². The Kier molecular flexibility index (Phi) is 4.54. The first kappa shape index (κ1) is 17.5. The normalized spacial score (nSPS) is 14.6. The maximum Gasteiger partial charge on any atom is 0.150 e. The number of anilines is 5. The van der Waals surface area contributed by atoms with Crippen molar-refractivity contribution >= 4 is 47.4 Å². The first-order valence-electron chi connectivity index (χ1n) is 8.25. The number of nitrogens with one attached hydrogen (secondary N) is 3. The highest BCUT2D eigenvalue weighted by molar-refractivity contribution is 7.69. The molecule has 8 heteroatoms. The van der Waals surface area contributed by atoms with Crippen molar-refractivity contribution in [2.45, 2.75) is 6.92 Å². The first-order chi connectivity index (χ1) is 13.1. The number of nitrogens with zero attached hydrogens (tertiary/aromatic N) is 1. The van der Waals surface area contributed by atoms with E-state index in [1.165, 1.54) is 13.2 Å². The second kappa shape index (κ2) is 7.00. The Morgan fingerprint density at radius 3 is 2.78 bits per heavy atom. The molecule has 0 radical (unpaired) electrons. The van der Waals surface area contributed by atoms with Crippen LogP contribution >= 0.6 is 8.23 Å². The fraction of sp³-hybridized carbons (Fsp3) is 0.105. The van der Waals surface area contributed by atoms with Crippen molar-refractivity contribution in [2.24, 2.45) is 0 Å². The van der Waals surface area contributed by atoms with E-state index in [4.69, 9.17) is 4.74 Å². The number of hydrogen-bond donors (Lipinski definition) is 3. The van der Waals surface area contributed by atoms with Crippen LogP contribution in [0.2, 0.25) is 0 Å².